The Morgan fingerprint density at radius 1 is 1.35 bits per heavy atom. The second kappa shape index (κ2) is 6.25. The first-order valence-corrected chi connectivity index (χ1v) is 6.18. The number of amides is 1. The first-order valence-electron chi connectivity index (χ1n) is 6.18. The smallest absolute Gasteiger partial charge is 0.253 e. The average Bonchev–Trinajstić information content (AvgIpc) is 2.48. The molecule has 1 aromatic heterocycles. The van der Waals surface area contributed by atoms with Crippen molar-refractivity contribution in [2.75, 3.05) is 0 Å². The molecule has 2 rings (SSSR count). The van der Waals surface area contributed by atoms with E-state index in [9.17, 15) is 14.3 Å². The molecule has 0 radical (unpaired) electrons. The molecule has 1 amide bonds. The van der Waals surface area contributed by atoms with Crippen LogP contribution in [0.4, 0.5) is 4.39 Å². The number of aryl methyl sites for hydroxylation is 1. The van der Waals surface area contributed by atoms with Gasteiger partial charge in [0.05, 0.1) is 0 Å². The summed E-state index contributed by atoms with van der Waals surface area (Å²) < 4.78 is 13.1. The molecule has 2 N–H and O–H groups in total. The summed E-state index contributed by atoms with van der Waals surface area (Å²) in [4.78, 5) is 15.7. The molecule has 0 saturated heterocycles. The van der Waals surface area contributed by atoms with Crippen LogP contribution in [0.3, 0.4) is 0 Å². The van der Waals surface area contributed by atoms with Crippen LogP contribution in [0.5, 0.6) is 0 Å². The molecule has 20 heavy (non-hydrogen) atoms. The fraction of sp³-hybridized carbons (Fsp3) is 0.200. The summed E-state index contributed by atoms with van der Waals surface area (Å²) in [5.41, 5.74) is 1.65. The van der Waals surface area contributed by atoms with Gasteiger partial charge in [-0.25, -0.2) is 4.39 Å². The van der Waals surface area contributed by atoms with Crippen molar-refractivity contribution in [3.8, 4) is 0 Å². The van der Waals surface area contributed by atoms with Gasteiger partial charge in [-0.2, -0.15) is 0 Å². The summed E-state index contributed by atoms with van der Waals surface area (Å²) >= 11 is 0. The van der Waals surface area contributed by atoms with Gasteiger partial charge in [-0.3, -0.25) is 9.78 Å². The van der Waals surface area contributed by atoms with E-state index >= 15 is 0 Å². The minimum atomic E-state index is -1.31. The Bertz CT molecular complexity index is 602. The highest BCUT2D eigenvalue weighted by molar-refractivity contribution is 5.81. The van der Waals surface area contributed by atoms with E-state index in [1.807, 2.05) is 0 Å². The van der Waals surface area contributed by atoms with E-state index in [1.165, 1.54) is 18.2 Å². The van der Waals surface area contributed by atoms with E-state index in [2.05, 4.69) is 10.3 Å². The number of aromatic nitrogens is 1. The summed E-state index contributed by atoms with van der Waals surface area (Å²) in [6.45, 7) is 1.89. The quantitative estimate of drug-likeness (QED) is 0.894. The normalized spacial score (nSPS) is 11.9. The number of halogens is 1. The van der Waals surface area contributed by atoms with Crippen molar-refractivity contribution in [1.29, 1.82) is 0 Å². The third-order valence-corrected chi connectivity index (χ3v) is 2.96. The standard InChI is InChI=1S/C15H15FN2O2/c1-10-8-12(2-3-13(10)16)14(19)15(20)18-9-11-4-6-17-7-5-11/h2-8,14,19H,9H2,1H3,(H,18,20). The van der Waals surface area contributed by atoms with E-state index in [0.29, 0.717) is 17.7 Å². The lowest BCUT2D eigenvalue weighted by molar-refractivity contribution is -0.129. The van der Waals surface area contributed by atoms with Gasteiger partial charge in [-0.15, -0.1) is 0 Å². The number of aliphatic hydroxyl groups excluding tert-OH is 1. The molecule has 0 aliphatic carbocycles. The number of rotatable bonds is 4. The van der Waals surface area contributed by atoms with Crippen LogP contribution >= 0.6 is 0 Å². The summed E-state index contributed by atoms with van der Waals surface area (Å²) in [6, 6.07) is 7.65. The number of carbonyl (C=O) groups excluding carboxylic acids is 1. The van der Waals surface area contributed by atoms with Gasteiger partial charge in [0, 0.05) is 18.9 Å². The molecule has 0 spiro atoms. The number of aliphatic hydroxyl groups is 1. The molecule has 1 heterocycles. The predicted molar refractivity (Wildman–Crippen MR) is 72.2 cm³/mol. The molecule has 1 unspecified atom stereocenters. The summed E-state index contributed by atoms with van der Waals surface area (Å²) in [7, 11) is 0. The van der Waals surface area contributed by atoms with Crippen molar-refractivity contribution in [3.05, 3.63) is 65.2 Å². The van der Waals surface area contributed by atoms with Crippen molar-refractivity contribution in [2.45, 2.75) is 19.6 Å². The maximum Gasteiger partial charge on any atom is 0.253 e. The highest BCUT2D eigenvalue weighted by Gasteiger charge is 2.17. The van der Waals surface area contributed by atoms with E-state index in [4.69, 9.17) is 0 Å². The number of hydrogen-bond donors (Lipinski definition) is 2. The van der Waals surface area contributed by atoms with Gasteiger partial charge in [-0.1, -0.05) is 12.1 Å². The lowest BCUT2D eigenvalue weighted by atomic mass is 10.1. The van der Waals surface area contributed by atoms with Crippen LogP contribution in [-0.4, -0.2) is 16.0 Å². The Morgan fingerprint density at radius 2 is 2.05 bits per heavy atom. The van der Waals surface area contributed by atoms with Crippen molar-refractivity contribution >= 4 is 5.91 Å². The Hall–Kier alpha value is -2.27. The predicted octanol–water partition coefficient (Wildman–Crippen LogP) is 1.88. The fourth-order valence-electron chi connectivity index (χ4n) is 1.78. The number of hydrogen-bond acceptors (Lipinski definition) is 3. The van der Waals surface area contributed by atoms with Crippen molar-refractivity contribution in [3.63, 3.8) is 0 Å². The summed E-state index contributed by atoms with van der Waals surface area (Å²) in [6.07, 6.45) is 1.94. The van der Waals surface area contributed by atoms with Gasteiger partial charge < -0.3 is 10.4 Å². The molecule has 2 aromatic rings. The van der Waals surface area contributed by atoms with Gasteiger partial charge >= 0.3 is 0 Å². The largest absolute Gasteiger partial charge is 0.378 e. The van der Waals surface area contributed by atoms with Crippen LogP contribution in [0.2, 0.25) is 0 Å². The molecule has 5 heteroatoms. The molecule has 0 saturated carbocycles. The van der Waals surface area contributed by atoms with Crippen LogP contribution in [0, 0.1) is 12.7 Å². The Kier molecular flexibility index (Phi) is 4.42. The number of nitrogens with zero attached hydrogens (tertiary/aromatic N) is 1. The van der Waals surface area contributed by atoms with E-state index in [-0.39, 0.29) is 5.82 Å². The summed E-state index contributed by atoms with van der Waals surface area (Å²) in [5.74, 6) is -0.883. The Labute approximate surface area is 116 Å². The lowest BCUT2D eigenvalue weighted by Gasteiger charge is -2.12. The number of nitrogens with one attached hydrogen (secondary N) is 1. The van der Waals surface area contributed by atoms with Crippen LogP contribution in [-0.2, 0) is 11.3 Å². The SMILES string of the molecule is Cc1cc(C(O)C(=O)NCc2ccncc2)ccc1F. The monoisotopic (exact) mass is 274 g/mol. The van der Waals surface area contributed by atoms with Gasteiger partial charge in [0.15, 0.2) is 6.10 Å². The zero-order chi connectivity index (χ0) is 14.5. The van der Waals surface area contributed by atoms with E-state index < -0.39 is 12.0 Å². The van der Waals surface area contributed by atoms with Crippen LogP contribution < -0.4 is 5.32 Å². The minimum Gasteiger partial charge on any atom is -0.378 e. The van der Waals surface area contributed by atoms with Crippen LogP contribution in [0.1, 0.15) is 22.8 Å². The molecule has 0 fully saturated rings. The van der Waals surface area contributed by atoms with Crippen LogP contribution in [0.15, 0.2) is 42.7 Å². The number of pyridine rings is 1. The van der Waals surface area contributed by atoms with E-state index in [0.717, 1.165) is 5.56 Å². The first-order chi connectivity index (χ1) is 9.58. The molecule has 4 nitrogen and oxygen atoms in total. The maximum absolute atomic E-state index is 13.1. The Morgan fingerprint density at radius 3 is 2.70 bits per heavy atom. The second-order valence-corrected chi connectivity index (χ2v) is 4.48. The molecule has 0 aliphatic rings. The van der Waals surface area contributed by atoms with Gasteiger partial charge in [0.2, 0.25) is 0 Å². The molecule has 1 atom stereocenters. The molecule has 104 valence electrons. The van der Waals surface area contributed by atoms with Gasteiger partial charge in [0.25, 0.3) is 5.91 Å². The van der Waals surface area contributed by atoms with Crippen molar-refractivity contribution < 1.29 is 14.3 Å². The third kappa shape index (κ3) is 3.39. The lowest BCUT2D eigenvalue weighted by Crippen LogP contribution is -2.28. The fourth-order valence-corrected chi connectivity index (χ4v) is 1.78. The number of benzene rings is 1. The molecular weight excluding hydrogens is 259 g/mol. The van der Waals surface area contributed by atoms with Crippen molar-refractivity contribution in [2.24, 2.45) is 0 Å². The zero-order valence-electron chi connectivity index (χ0n) is 11.0. The minimum absolute atomic E-state index is 0.304. The van der Waals surface area contributed by atoms with E-state index in [1.54, 1.807) is 31.5 Å². The highest BCUT2D eigenvalue weighted by atomic mass is 19.1. The number of carbonyl (C=O) groups is 1. The molecule has 1 aromatic carbocycles. The second-order valence-electron chi connectivity index (χ2n) is 4.48. The molecule has 0 aliphatic heterocycles. The Balaban J connectivity index is 1.99. The third-order valence-electron chi connectivity index (χ3n) is 2.96. The summed E-state index contributed by atoms with van der Waals surface area (Å²) in [5, 5.41) is 12.6. The zero-order valence-corrected chi connectivity index (χ0v) is 11.0. The first kappa shape index (κ1) is 14.1. The highest BCUT2D eigenvalue weighted by Crippen LogP contribution is 2.17. The van der Waals surface area contributed by atoms with Crippen molar-refractivity contribution in [1.82, 2.24) is 10.3 Å². The average molecular weight is 274 g/mol. The van der Waals surface area contributed by atoms with Gasteiger partial charge in [0.1, 0.15) is 5.82 Å². The molecule has 0 bridgehead atoms. The molecular formula is C15H15FN2O2. The maximum atomic E-state index is 13.1. The van der Waals surface area contributed by atoms with Crippen LogP contribution in [0.25, 0.3) is 0 Å². The topological polar surface area (TPSA) is 62.2 Å². The van der Waals surface area contributed by atoms with Gasteiger partial charge in [-0.05, 0) is 41.8 Å².